The first-order valence-corrected chi connectivity index (χ1v) is 4.54. The Morgan fingerprint density at radius 2 is 2.00 bits per heavy atom. The lowest BCUT2D eigenvalue weighted by atomic mass is 9.60. The third-order valence-electron chi connectivity index (χ3n) is 4.09. The molecule has 0 aromatic carbocycles. The second kappa shape index (κ2) is 1.88. The van der Waals surface area contributed by atoms with Crippen molar-refractivity contribution in [2.75, 3.05) is 0 Å². The van der Waals surface area contributed by atoms with Gasteiger partial charge in [0.05, 0.1) is 0 Å². The zero-order valence-corrected chi connectivity index (χ0v) is 7.55. The van der Waals surface area contributed by atoms with Crippen LogP contribution in [0.2, 0.25) is 0 Å². The van der Waals surface area contributed by atoms with Gasteiger partial charge in [0.15, 0.2) is 0 Å². The van der Waals surface area contributed by atoms with Crippen molar-refractivity contribution in [2.24, 2.45) is 23.2 Å². The Balaban J connectivity index is 2.18. The van der Waals surface area contributed by atoms with Crippen LogP contribution in [0.1, 0.15) is 33.6 Å². The molecule has 2 bridgehead atoms. The van der Waals surface area contributed by atoms with E-state index in [0.717, 1.165) is 5.92 Å². The molecule has 0 radical (unpaired) electrons. The minimum atomic E-state index is 0.412. The Morgan fingerprint density at radius 1 is 1.36 bits per heavy atom. The van der Waals surface area contributed by atoms with Crippen molar-refractivity contribution in [3.05, 3.63) is 0 Å². The van der Waals surface area contributed by atoms with Crippen LogP contribution in [0.4, 0.5) is 0 Å². The molecule has 0 heterocycles. The SMILES string of the molecule is CC(=O)[C@H]1C[C@@H]2C[C@H]1C2(C)C. The Labute approximate surface area is 68.2 Å². The summed E-state index contributed by atoms with van der Waals surface area (Å²) in [5.74, 6) is 2.39. The van der Waals surface area contributed by atoms with Crippen LogP contribution in [0.25, 0.3) is 0 Å². The number of fused-ring (bicyclic) bond motifs is 1. The maximum absolute atomic E-state index is 11.2. The van der Waals surface area contributed by atoms with Crippen molar-refractivity contribution in [1.82, 2.24) is 0 Å². The molecule has 0 saturated heterocycles. The number of Topliss-reactive ketones (excluding diaryl/α,β-unsaturated/α-hetero) is 1. The molecule has 3 saturated carbocycles. The Hall–Kier alpha value is -0.330. The summed E-state index contributed by atoms with van der Waals surface area (Å²) in [6, 6.07) is 0. The molecule has 3 aliphatic carbocycles. The van der Waals surface area contributed by atoms with E-state index in [1.807, 2.05) is 0 Å². The molecule has 1 nitrogen and oxygen atoms in total. The van der Waals surface area contributed by atoms with Gasteiger partial charge in [0.25, 0.3) is 0 Å². The van der Waals surface area contributed by atoms with E-state index >= 15 is 0 Å². The van der Waals surface area contributed by atoms with Gasteiger partial charge in [-0.1, -0.05) is 13.8 Å². The first-order valence-electron chi connectivity index (χ1n) is 4.54. The van der Waals surface area contributed by atoms with E-state index in [4.69, 9.17) is 0 Å². The molecular formula is C10H16O. The topological polar surface area (TPSA) is 17.1 Å². The van der Waals surface area contributed by atoms with Crippen LogP contribution in [-0.4, -0.2) is 5.78 Å². The van der Waals surface area contributed by atoms with E-state index in [0.29, 0.717) is 23.0 Å². The predicted molar refractivity (Wildman–Crippen MR) is 44.2 cm³/mol. The largest absolute Gasteiger partial charge is 0.300 e. The van der Waals surface area contributed by atoms with E-state index in [-0.39, 0.29) is 0 Å². The number of hydrogen-bond donors (Lipinski definition) is 0. The fourth-order valence-corrected chi connectivity index (χ4v) is 3.06. The quantitative estimate of drug-likeness (QED) is 0.563. The highest BCUT2D eigenvalue weighted by Gasteiger charge is 2.59. The summed E-state index contributed by atoms with van der Waals surface area (Å²) in [6.45, 7) is 6.38. The Kier molecular flexibility index (Phi) is 1.25. The van der Waals surface area contributed by atoms with Gasteiger partial charge in [0.2, 0.25) is 0 Å². The molecule has 0 aromatic rings. The van der Waals surface area contributed by atoms with E-state index in [2.05, 4.69) is 13.8 Å². The van der Waals surface area contributed by atoms with Crippen molar-refractivity contribution < 1.29 is 4.79 Å². The fourth-order valence-electron chi connectivity index (χ4n) is 3.06. The zero-order chi connectivity index (χ0) is 8.22. The van der Waals surface area contributed by atoms with Gasteiger partial charge < -0.3 is 0 Å². The van der Waals surface area contributed by atoms with E-state index < -0.39 is 0 Å². The second-order valence-electron chi connectivity index (χ2n) is 4.81. The molecule has 0 amide bonds. The molecule has 0 N–H and O–H groups in total. The average Bonchev–Trinajstić information content (AvgIpc) is 2.40. The summed E-state index contributed by atoms with van der Waals surface area (Å²) < 4.78 is 0. The smallest absolute Gasteiger partial charge is 0.133 e. The van der Waals surface area contributed by atoms with E-state index in [9.17, 15) is 4.79 Å². The molecule has 3 aliphatic rings. The molecule has 3 rings (SSSR count). The van der Waals surface area contributed by atoms with E-state index in [1.165, 1.54) is 12.8 Å². The highest BCUT2D eigenvalue weighted by atomic mass is 16.1. The van der Waals surface area contributed by atoms with Crippen LogP contribution in [0.5, 0.6) is 0 Å². The highest BCUT2D eigenvalue weighted by molar-refractivity contribution is 5.79. The van der Waals surface area contributed by atoms with Gasteiger partial charge in [-0.2, -0.15) is 0 Å². The minimum absolute atomic E-state index is 0.412. The predicted octanol–water partition coefficient (Wildman–Crippen LogP) is 2.26. The summed E-state index contributed by atoms with van der Waals surface area (Å²) in [4.78, 5) is 11.2. The van der Waals surface area contributed by atoms with Crippen LogP contribution in [0.3, 0.4) is 0 Å². The zero-order valence-electron chi connectivity index (χ0n) is 7.55. The van der Waals surface area contributed by atoms with Gasteiger partial charge in [-0.15, -0.1) is 0 Å². The second-order valence-corrected chi connectivity index (χ2v) is 4.81. The van der Waals surface area contributed by atoms with Gasteiger partial charge in [-0.25, -0.2) is 0 Å². The van der Waals surface area contributed by atoms with Crippen LogP contribution >= 0.6 is 0 Å². The summed E-state index contributed by atoms with van der Waals surface area (Å²) >= 11 is 0. The van der Waals surface area contributed by atoms with Gasteiger partial charge in [-0.05, 0) is 37.0 Å². The number of carbonyl (C=O) groups excluding carboxylic acids is 1. The average molecular weight is 152 g/mol. The third-order valence-corrected chi connectivity index (χ3v) is 4.09. The van der Waals surface area contributed by atoms with Gasteiger partial charge in [0.1, 0.15) is 5.78 Å². The molecule has 3 atom stereocenters. The van der Waals surface area contributed by atoms with Crippen LogP contribution in [-0.2, 0) is 4.79 Å². The standard InChI is InChI=1S/C10H16O/c1-6(11)8-4-7-5-9(8)10(7,2)3/h7-9H,4-5H2,1-3H3/t7-,8-,9-/m1/s1. The number of ketones is 1. The molecular weight excluding hydrogens is 136 g/mol. The maximum Gasteiger partial charge on any atom is 0.133 e. The number of hydrogen-bond acceptors (Lipinski definition) is 1. The monoisotopic (exact) mass is 152 g/mol. The molecule has 11 heavy (non-hydrogen) atoms. The maximum atomic E-state index is 11.2. The van der Waals surface area contributed by atoms with E-state index in [1.54, 1.807) is 6.92 Å². The van der Waals surface area contributed by atoms with Crippen molar-refractivity contribution in [1.29, 1.82) is 0 Å². The molecule has 0 unspecified atom stereocenters. The summed E-state index contributed by atoms with van der Waals surface area (Å²) in [6.07, 6.45) is 2.49. The third kappa shape index (κ3) is 0.743. The van der Waals surface area contributed by atoms with Crippen molar-refractivity contribution in [3.8, 4) is 0 Å². The lowest BCUT2D eigenvalue weighted by Gasteiger charge is -2.45. The summed E-state index contributed by atoms with van der Waals surface area (Å²) in [5.41, 5.74) is 0.482. The number of carbonyl (C=O) groups is 1. The molecule has 0 spiro atoms. The normalized spacial score (nSPS) is 45.2. The minimum Gasteiger partial charge on any atom is -0.300 e. The molecule has 62 valence electrons. The lowest BCUT2D eigenvalue weighted by Crippen LogP contribution is -2.39. The van der Waals surface area contributed by atoms with Crippen LogP contribution < -0.4 is 0 Å². The summed E-state index contributed by atoms with van der Waals surface area (Å²) in [5, 5.41) is 0. The first-order chi connectivity index (χ1) is 5.03. The highest BCUT2D eigenvalue weighted by Crippen LogP contribution is 2.64. The molecule has 1 heteroatoms. The number of rotatable bonds is 1. The Bertz CT molecular complexity index is 205. The van der Waals surface area contributed by atoms with Crippen molar-refractivity contribution in [2.45, 2.75) is 33.6 Å². The molecule has 0 aromatic heterocycles. The van der Waals surface area contributed by atoms with Gasteiger partial charge in [0, 0.05) is 5.92 Å². The fraction of sp³-hybridized carbons (Fsp3) is 0.900. The molecule has 3 fully saturated rings. The lowest BCUT2D eigenvalue weighted by molar-refractivity contribution is -0.122. The Morgan fingerprint density at radius 3 is 2.18 bits per heavy atom. The summed E-state index contributed by atoms with van der Waals surface area (Å²) in [7, 11) is 0. The molecule has 0 aliphatic heterocycles. The van der Waals surface area contributed by atoms with Gasteiger partial charge in [-0.3, -0.25) is 4.79 Å². The van der Waals surface area contributed by atoms with Crippen molar-refractivity contribution >= 4 is 5.78 Å². The first kappa shape index (κ1) is 7.33. The van der Waals surface area contributed by atoms with Crippen molar-refractivity contribution in [3.63, 3.8) is 0 Å². The van der Waals surface area contributed by atoms with Crippen LogP contribution in [0.15, 0.2) is 0 Å². The van der Waals surface area contributed by atoms with Crippen LogP contribution in [0, 0.1) is 23.2 Å². The van der Waals surface area contributed by atoms with Gasteiger partial charge >= 0.3 is 0 Å².